The highest BCUT2D eigenvalue weighted by molar-refractivity contribution is 7.89. The molecule has 0 fully saturated rings. The van der Waals surface area contributed by atoms with Crippen molar-refractivity contribution in [2.45, 2.75) is 31.7 Å². The lowest BCUT2D eigenvalue weighted by molar-refractivity contribution is -0.121. The van der Waals surface area contributed by atoms with Crippen molar-refractivity contribution < 1.29 is 13.2 Å². The van der Waals surface area contributed by atoms with Gasteiger partial charge in [-0.3, -0.25) is 4.79 Å². The molecule has 6 heteroatoms. The average molecular weight is 346 g/mol. The first-order chi connectivity index (χ1) is 11.4. The number of carbonyl (C=O) groups excluding carboxylic acids is 1. The summed E-state index contributed by atoms with van der Waals surface area (Å²) in [4.78, 5) is 12.1. The second kappa shape index (κ2) is 8.08. The first-order valence-electron chi connectivity index (χ1n) is 7.76. The number of hydrogen-bond acceptors (Lipinski definition) is 3. The van der Waals surface area contributed by atoms with Gasteiger partial charge in [-0.15, -0.1) is 0 Å². The van der Waals surface area contributed by atoms with Gasteiger partial charge in [-0.2, -0.15) is 0 Å². The molecule has 0 aliphatic heterocycles. The third-order valence-corrected chi connectivity index (χ3v) is 5.22. The van der Waals surface area contributed by atoms with E-state index in [1.54, 1.807) is 19.1 Å². The van der Waals surface area contributed by atoms with Crippen LogP contribution < -0.4 is 10.0 Å². The van der Waals surface area contributed by atoms with Crippen LogP contribution in [0.2, 0.25) is 0 Å². The molecule has 2 N–H and O–H groups in total. The Morgan fingerprint density at radius 2 is 1.75 bits per heavy atom. The second-order valence-electron chi connectivity index (χ2n) is 5.68. The molecular formula is C18H22N2O3S. The fraction of sp³-hybridized carbons (Fsp3) is 0.278. The van der Waals surface area contributed by atoms with E-state index in [4.69, 9.17) is 0 Å². The fourth-order valence-electron chi connectivity index (χ4n) is 2.36. The maximum Gasteiger partial charge on any atom is 0.240 e. The molecule has 0 unspecified atom stereocenters. The zero-order chi connectivity index (χ0) is 17.6. The molecule has 128 valence electrons. The van der Waals surface area contributed by atoms with Crippen LogP contribution in [0.1, 0.15) is 23.1 Å². The van der Waals surface area contributed by atoms with Crippen LogP contribution in [-0.4, -0.2) is 20.9 Å². The van der Waals surface area contributed by atoms with Crippen molar-refractivity contribution in [1.29, 1.82) is 0 Å². The van der Waals surface area contributed by atoms with Crippen LogP contribution >= 0.6 is 0 Å². The lowest BCUT2D eigenvalue weighted by Gasteiger charge is -2.10. The summed E-state index contributed by atoms with van der Waals surface area (Å²) in [6.45, 7) is 4.17. The third kappa shape index (κ3) is 5.18. The molecule has 1 amide bonds. The number of sulfonamides is 1. The van der Waals surface area contributed by atoms with Gasteiger partial charge < -0.3 is 5.32 Å². The minimum absolute atomic E-state index is 0.0657. The van der Waals surface area contributed by atoms with Gasteiger partial charge in [0.15, 0.2) is 0 Å². The molecule has 0 heterocycles. The molecule has 0 spiro atoms. The summed E-state index contributed by atoms with van der Waals surface area (Å²) in [6, 6.07) is 14.7. The molecule has 2 aromatic carbocycles. The number of nitrogens with one attached hydrogen (secondary N) is 2. The standard InChI is InChI=1S/C18H22N2O3S/c1-14-8-9-17(15(2)12-14)24(22,23)20-11-10-18(21)19-13-16-6-4-3-5-7-16/h3-9,12,20H,10-11,13H2,1-2H3,(H,19,21). The lowest BCUT2D eigenvalue weighted by Crippen LogP contribution is -2.30. The Bertz CT molecular complexity index is 802. The zero-order valence-corrected chi connectivity index (χ0v) is 14.7. The van der Waals surface area contributed by atoms with Gasteiger partial charge in [0.25, 0.3) is 0 Å². The van der Waals surface area contributed by atoms with Crippen molar-refractivity contribution in [2.24, 2.45) is 0 Å². The fourth-order valence-corrected chi connectivity index (χ4v) is 3.62. The highest BCUT2D eigenvalue weighted by atomic mass is 32.2. The first-order valence-corrected chi connectivity index (χ1v) is 9.24. The van der Waals surface area contributed by atoms with E-state index >= 15 is 0 Å². The first kappa shape index (κ1) is 18.2. The summed E-state index contributed by atoms with van der Waals surface area (Å²) in [5, 5.41) is 2.77. The molecule has 0 saturated carbocycles. The predicted octanol–water partition coefficient (Wildman–Crippen LogP) is 2.29. The molecule has 2 rings (SSSR count). The second-order valence-corrected chi connectivity index (χ2v) is 7.41. The van der Waals surface area contributed by atoms with Crippen molar-refractivity contribution >= 4 is 15.9 Å². The molecule has 0 radical (unpaired) electrons. The Morgan fingerprint density at radius 3 is 2.42 bits per heavy atom. The number of carbonyl (C=O) groups is 1. The summed E-state index contributed by atoms with van der Waals surface area (Å²) in [5.74, 6) is -0.192. The number of benzene rings is 2. The molecule has 0 aromatic heterocycles. The third-order valence-electron chi connectivity index (χ3n) is 3.60. The number of hydrogen-bond donors (Lipinski definition) is 2. The lowest BCUT2D eigenvalue weighted by atomic mass is 10.2. The minimum Gasteiger partial charge on any atom is -0.352 e. The molecule has 0 aliphatic carbocycles. The minimum atomic E-state index is -3.60. The van der Waals surface area contributed by atoms with Crippen LogP contribution in [0.5, 0.6) is 0 Å². The van der Waals surface area contributed by atoms with E-state index in [1.165, 1.54) is 0 Å². The van der Waals surface area contributed by atoms with Crippen molar-refractivity contribution in [3.05, 3.63) is 65.2 Å². The Balaban J connectivity index is 1.83. The number of aryl methyl sites for hydroxylation is 2. The molecule has 0 aliphatic rings. The Hall–Kier alpha value is -2.18. The SMILES string of the molecule is Cc1ccc(S(=O)(=O)NCCC(=O)NCc2ccccc2)c(C)c1. The summed E-state index contributed by atoms with van der Waals surface area (Å²) >= 11 is 0. The highest BCUT2D eigenvalue weighted by Gasteiger charge is 2.16. The molecule has 0 bridgehead atoms. The quantitative estimate of drug-likeness (QED) is 0.808. The van der Waals surface area contributed by atoms with E-state index in [0.717, 1.165) is 11.1 Å². The molecule has 2 aromatic rings. The number of rotatable bonds is 7. The molecule has 24 heavy (non-hydrogen) atoms. The predicted molar refractivity (Wildman–Crippen MR) is 94.0 cm³/mol. The summed E-state index contributed by atoms with van der Waals surface area (Å²) in [7, 11) is -3.60. The molecule has 5 nitrogen and oxygen atoms in total. The summed E-state index contributed by atoms with van der Waals surface area (Å²) < 4.78 is 27.0. The monoisotopic (exact) mass is 346 g/mol. The van der Waals surface area contributed by atoms with Gasteiger partial charge >= 0.3 is 0 Å². The van der Waals surface area contributed by atoms with Crippen molar-refractivity contribution in [2.75, 3.05) is 6.54 Å². The normalized spacial score (nSPS) is 11.2. The van der Waals surface area contributed by atoms with Gasteiger partial charge in [0.05, 0.1) is 4.90 Å². The van der Waals surface area contributed by atoms with E-state index in [0.29, 0.717) is 12.1 Å². The topological polar surface area (TPSA) is 75.3 Å². The van der Waals surface area contributed by atoms with E-state index in [9.17, 15) is 13.2 Å². The molecule has 0 atom stereocenters. The van der Waals surface area contributed by atoms with Gasteiger partial charge in [0.2, 0.25) is 15.9 Å². The molecule has 0 saturated heterocycles. The van der Waals surface area contributed by atoms with Gasteiger partial charge in [0.1, 0.15) is 0 Å². The van der Waals surface area contributed by atoms with Crippen molar-refractivity contribution in [1.82, 2.24) is 10.0 Å². The number of amides is 1. The highest BCUT2D eigenvalue weighted by Crippen LogP contribution is 2.16. The van der Waals surface area contributed by atoms with Crippen molar-refractivity contribution in [3.63, 3.8) is 0 Å². The van der Waals surface area contributed by atoms with Crippen LogP contribution in [0.3, 0.4) is 0 Å². The molecular weight excluding hydrogens is 324 g/mol. The van der Waals surface area contributed by atoms with Gasteiger partial charge in [-0.05, 0) is 31.0 Å². The van der Waals surface area contributed by atoms with E-state index in [-0.39, 0.29) is 23.8 Å². The maximum absolute atomic E-state index is 12.3. The van der Waals surface area contributed by atoms with Crippen LogP contribution in [0.25, 0.3) is 0 Å². The van der Waals surface area contributed by atoms with Gasteiger partial charge in [0, 0.05) is 19.5 Å². The Labute approximate surface area is 143 Å². The summed E-state index contributed by atoms with van der Waals surface area (Å²) in [6.07, 6.45) is 0.0942. The largest absolute Gasteiger partial charge is 0.352 e. The van der Waals surface area contributed by atoms with Crippen LogP contribution in [0.4, 0.5) is 0 Å². The van der Waals surface area contributed by atoms with Gasteiger partial charge in [-0.1, -0.05) is 48.0 Å². The average Bonchev–Trinajstić information content (AvgIpc) is 2.53. The maximum atomic E-state index is 12.3. The van der Waals surface area contributed by atoms with Crippen LogP contribution in [0.15, 0.2) is 53.4 Å². The Morgan fingerprint density at radius 1 is 1.04 bits per heavy atom. The summed E-state index contributed by atoms with van der Waals surface area (Å²) in [5.41, 5.74) is 2.70. The van der Waals surface area contributed by atoms with E-state index in [1.807, 2.05) is 43.3 Å². The van der Waals surface area contributed by atoms with Crippen molar-refractivity contribution in [3.8, 4) is 0 Å². The van der Waals surface area contributed by atoms with Gasteiger partial charge in [-0.25, -0.2) is 13.1 Å². The Kier molecular flexibility index (Phi) is 6.11. The van der Waals surface area contributed by atoms with Crippen LogP contribution in [-0.2, 0) is 21.4 Å². The zero-order valence-electron chi connectivity index (χ0n) is 13.9. The van der Waals surface area contributed by atoms with E-state index in [2.05, 4.69) is 10.0 Å². The van der Waals surface area contributed by atoms with Crippen LogP contribution in [0, 0.1) is 13.8 Å². The van der Waals surface area contributed by atoms with E-state index < -0.39 is 10.0 Å². The smallest absolute Gasteiger partial charge is 0.240 e.